The van der Waals surface area contributed by atoms with Gasteiger partial charge in [-0.1, -0.05) is 37.3 Å². The van der Waals surface area contributed by atoms with Crippen LogP contribution in [0.3, 0.4) is 0 Å². The number of hydrogen-bond donors (Lipinski definition) is 2. The van der Waals surface area contributed by atoms with Gasteiger partial charge in [-0.25, -0.2) is 21.9 Å². The fourth-order valence-electron chi connectivity index (χ4n) is 3.40. The number of anilines is 1. The molecular formula is C20H21ClF2N2O3S. The molecule has 2 aromatic carbocycles. The third-order valence-corrected chi connectivity index (χ3v) is 6.74. The Labute approximate surface area is 173 Å². The number of halogens is 3. The number of hydrogen-bond acceptors (Lipinski definition) is 3. The van der Waals surface area contributed by atoms with Crippen molar-refractivity contribution >= 4 is 33.2 Å². The third kappa shape index (κ3) is 5.52. The minimum absolute atomic E-state index is 0.156. The van der Waals surface area contributed by atoms with Crippen LogP contribution in [0.4, 0.5) is 14.5 Å². The Kier molecular flexibility index (Phi) is 6.87. The van der Waals surface area contributed by atoms with Crippen molar-refractivity contribution in [1.29, 1.82) is 0 Å². The standard InChI is InChI=1S/C20H21ClF2N2O3S/c21-17-11-14(5-7-19(17)23)25-20(26)16-12-15(6-8-18(16)22)29(27,28)24-10-9-13-3-1-2-4-13/h5-8,11-13,24H,1-4,9-10H2,(H,25,26). The minimum atomic E-state index is -3.88. The molecule has 0 aliphatic heterocycles. The lowest BCUT2D eigenvalue weighted by molar-refractivity contribution is 0.102. The fraction of sp³-hybridized carbons (Fsp3) is 0.350. The summed E-state index contributed by atoms with van der Waals surface area (Å²) in [5, 5.41) is 2.18. The highest BCUT2D eigenvalue weighted by molar-refractivity contribution is 7.89. The molecule has 0 aromatic heterocycles. The normalized spacial score (nSPS) is 14.9. The molecule has 156 valence electrons. The summed E-state index contributed by atoms with van der Waals surface area (Å²) in [7, 11) is -3.88. The van der Waals surface area contributed by atoms with E-state index in [-0.39, 0.29) is 15.6 Å². The highest BCUT2D eigenvalue weighted by atomic mass is 35.5. The number of benzene rings is 2. The van der Waals surface area contributed by atoms with Crippen molar-refractivity contribution in [3.63, 3.8) is 0 Å². The summed E-state index contributed by atoms with van der Waals surface area (Å²) in [5.74, 6) is -1.88. The monoisotopic (exact) mass is 442 g/mol. The second-order valence-corrected chi connectivity index (χ2v) is 9.24. The average molecular weight is 443 g/mol. The fourth-order valence-corrected chi connectivity index (χ4v) is 4.65. The van der Waals surface area contributed by atoms with E-state index in [0.717, 1.165) is 43.5 Å². The molecular weight excluding hydrogens is 422 g/mol. The van der Waals surface area contributed by atoms with Crippen LogP contribution < -0.4 is 10.0 Å². The van der Waals surface area contributed by atoms with Gasteiger partial charge in [-0.2, -0.15) is 0 Å². The lowest BCUT2D eigenvalue weighted by Gasteiger charge is -2.12. The van der Waals surface area contributed by atoms with E-state index in [4.69, 9.17) is 11.6 Å². The van der Waals surface area contributed by atoms with Gasteiger partial charge in [-0.05, 0) is 48.7 Å². The molecule has 0 atom stereocenters. The van der Waals surface area contributed by atoms with Crippen LogP contribution in [0.15, 0.2) is 41.3 Å². The molecule has 0 radical (unpaired) electrons. The molecule has 0 unspecified atom stereocenters. The summed E-state index contributed by atoms with van der Waals surface area (Å²) < 4.78 is 54.9. The van der Waals surface area contributed by atoms with Gasteiger partial charge in [-0.15, -0.1) is 0 Å². The maximum Gasteiger partial charge on any atom is 0.258 e. The number of nitrogens with one attached hydrogen (secondary N) is 2. The van der Waals surface area contributed by atoms with Gasteiger partial charge in [0.25, 0.3) is 5.91 Å². The predicted octanol–water partition coefficient (Wildman–Crippen LogP) is 4.73. The summed E-state index contributed by atoms with van der Waals surface area (Å²) in [6.45, 7) is 0.292. The molecule has 1 aliphatic carbocycles. The molecule has 0 heterocycles. The molecule has 9 heteroatoms. The van der Waals surface area contributed by atoms with E-state index >= 15 is 0 Å². The Morgan fingerprint density at radius 3 is 2.45 bits per heavy atom. The van der Waals surface area contributed by atoms with Gasteiger partial charge in [0, 0.05) is 12.2 Å². The number of amides is 1. The van der Waals surface area contributed by atoms with Crippen LogP contribution in [-0.2, 0) is 10.0 Å². The molecule has 1 fully saturated rings. The second-order valence-electron chi connectivity index (χ2n) is 7.06. The summed E-state index contributed by atoms with van der Waals surface area (Å²) in [6.07, 6.45) is 5.31. The van der Waals surface area contributed by atoms with Crippen LogP contribution in [0.2, 0.25) is 5.02 Å². The van der Waals surface area contributed by atoms with E-state index in [0.29, 0.717) is 12.5 Å². The van der Waals surface area contributed by atoms with E-state index in [1.165, 1.54) is 25.0 Å². The molecule has 1 aliphatic rings. The zero-order valence-corrected chi connectivity index (χ0v) is 17.1. The van der Waals surface area contributed by atoms with Crippen molar-refractivity contribution in [3.8, 4) is 0 Å². The first-order valence-electron chi connectivity index (χ1n) is 9.32. The van der Waals surface area contributed by atoms with Crippen LogP contribution >= 0.6 is 11.6 Å². The van der Waals surface area contributed by atoms with E-state index in [1.807, 2.05) is 0 Å². The van der Waals surface area contributed by atoms with E-state index in [2.05, 4.69) is 10.0 Å². The van der Waals surface area contributed by atoms with Crippen molar-refractivity contribution < 1.29 is 22.0 Å². The van der Waals surface area contributed by atoms with Crippen molar-refractivity contribution in [2.45, 2.75) is 37.0 Å². The third-order valence-electron chi connectivity index (χ3n) is 4.99. The Morgan fingerprint density at radius 1 is 1.07 bits per heavy atom. The number of carbonyl (C=O) groups excluding carboxylic acids is 1. The van der Waals surface area contributed by atoms with Crippen LogP contribution in [0.1, 0.15) is 42.5 Å². The van der Waals surface area contributed by atoms with Crippen LogP contribution in [-0.4, -0.2) is 20.9 Å². The second kappa shape index (κ2) is 9.19. The predicted molar refractivity (Wildman–Crippen MR) is 108 cm³/mol. The quantitative estimate of drug-likeness (QED) is 0.651. The van der Waals surface area contributed by atoms with Crippen LogP contribution in [0.5, 0.6) is 0 Å². The van der Waals surface area contributed by atoms with Crippen molar-refractivity contribution in [2.75, 3.05) is 11.9 Å². The zero-order chi connectivity index (χ0) is 21.0. The number of rotatable bonds is 7. The lowest BCUT2D eigenvalue weighted by Crippen LogP contribution is -2.26. The highest BCUT2D eigenvalue weighted by Gasteiger charge is 2.21. The summed E-state index contributed by atoms with van der Waals surface area (Å²) in [5.41, 5.74) is -0.284. The molecule has 29 heavy (non-hydrogen) atoms. The van der Waals surface area contributed by atoms with Crippen molar-refractivity contribution in [2.24, 2.45) is 5.92 Å². The Morgan fingerprint density at radius 2 is 1.76 bits per heavy atom. The minimum Gasteiger partial charge on any atom is -0.322 e. The van der Waals surface area contributed by atoms with E-state index < -0.39 is 33.1 Å². The molecule has 2 aromatic rings. The van der Waals surface area contributed by atoms with E-state index in [9.17, 15) is 22.0 Å². The molecule has 5 nitrogen and oxygen atoms in total. The smallest absolute Gasteiger partial charge is 0.258 e. The molecule has 1 saturated carbocycles. The molecule has 0 saturated heterocycles. The van der Waals surface area contributed by atoms with Crippen LogP contribution in [0.25, 0.3) is 0 Å². The van der Waals surface area contributed by atoms with Gasteiger partial charge in [-0.3, -0.25) is 4.79 Å². The molecule has 0 bridgehead atoms. The van der Waals surface area contributed by atoms with E-state index in [1.54, 1.807) is 0 Å². The van der Waals surface area contributed by atoms with Gasteiger partial charge in [0.05, 0.1) is 15.5 Å². The average Bonchev–Trinajstić information content (AvgIpc) is 3.18. The highest BCUT2D eigenvalue weighted by Crippen LogP contribution is 2.27. The molecule has 3 rings (SSSR count). The maximum absolute atomic E-state index is 14.1. The summed E-state index contributed by atoms with van der Waals surface area (Å²) >= 11 is 5.67. The molecule has 0 spiro atoms. The zero-order valence-electron chi connectivity index (χ0n) is 15.6. The first-order valence-corrected chi connectivity index (χ1v) is 11.2. The largest absolute Gasteiger partial charge is 0.322 e. The van der Waals surface area contributed by atoms with Crippen molar-refractivity contribution in [1.82, 2.24) is 4.72 Å². The SMILES string of the molecule is O=C(Nc1ccc(F)c(Cl)c1)c1cc(S(=O)(=O)NCCC2CCCC2)ccc1F. The van der Waals surface area contributed by atoms with Crippen LogP contribution in [0, 0.1) is 17.6 Å². The number of sulfonamides is 1. The van der Waals surface area contributed by atoms with Gasteiger partial charge in [0.15, 0.2) is 0 Å². The van der Waals surface area contributed by atoms with Gasteiger partial charge < -0.3 is 5.32 Å². The van der Waals surface area contributed by atoms with Gasteiger partial charge in [0.1, 0.15) is 11.6 Å². The first kappa shape index (κ1) is 21.7. The van der Waals surface area contributed by atoms with Crippen molar-refractivity contribution in [3.05, 3.63) is 58.6 Å². The first-order chi connectivity index (χ1) is 13.8. The lowest BCUT2D eigenvalue weighted by atomic mass is 10.1. The van der Waals surface area contributed by atoms with Gasteiger partial charge >= 0.3 is 0 Å². The Balaban J connectivity index is 1.72. The van der Waals surface area contributed by atoms with Gasteiger partial charge in [0.2, 0.25) is 10.0 Å². The molecule has 2 N–H and O–H groups in total. The molecule has 1 amide bonds. The number of carbonyl (C=O) groups is 1. The summed E-state index contributed by atoms with van der Waals surface area (Å²) in [4.78, 5) is 12.2. The Hall–Kier alpha value is -2.03. The summed E-state index contributed by atoms with van der Waals surface area (Å²) in [6, 6.07) is 6.52. The topological polar surface area (TPSA) is 75.3 Å². The maximum atomic E-state index is 14.1. The Bertz CT molecular complexity index is 1010.